The van der Waals surface area contributed by atoms with Gasteiger partial charge in [0, 0.05) is 24.1 Å². The molecule has 0 saturated carbocycles. The summed E-state index contributed by atoms with van der Waals surface area (Å²) in [6.07, 6.45) is 0.225. The Balaban J connectivity index is 2.16. The van der Waals surface area contributed by atoms with Gasteiger partial charge in [0.05, 0.1) is 20.1 Å². The van der Waals surface area contributed by atoms with E-state index in [-0.39, 0.29) is 17.8 Å². The SMILES string of the molecule is CCOC(=O)Cc1ccc(OC)c(B2OCC(C)(C)CO2)c1. The molecule has 1 aliphatic rings. The minimum absolute atomic E-state index is 0.00623. The molecule has 1 heterocycles. The number of esters is 1. The molecule has 0 aliphatic carbocycles. The van der Waals surface area contributed by atoms with Crippen LogP contribution in [0, 0.1) is 5.41 Å². The Morgan fingerprint density at radius 1 is 1.32 bits per heavy atom. The number of hydrogen-bond acceptors (Lipinski definition) is 5. The number of ether oxygens (including phenoxy) is 2. The molecule has 0 aromatic heterocycles. The molecule has 1 aliphatic heterocycles. The predicted molar refractivity (Wildman–Crippen MR) is 84.4 cm³/mol. The highest BCUT2D eigenvalue weighted by atomic mass is 16.6. The van der Waals surface area contributed by atoms with Crippen LogP contribution in [-0.2, 0) is 25.3 Å². The smallest absolute Gasteiger partial charge is 0.497 e. The van der Waals surface area contributed by atoms with Crippen LogP contribution < -0.4 is 10.2 Å². The van der Waals surface area contributed by atoms with Crippen LogP contribution in [0.4, 0.5) is 0 Å². The highest BCUT2D eigenvalue weighted by molar-refractivity contribution is 6.62. The number of carbonyl (C=O) groups is 1. The molecule has 2 rings (SSSR count). The van der Waals surface area contributed by atoms with Crippen molar-refractivity contribution in [2.45, 2.75) is 27.2 Å². The molecule has 0 N–H and O–H groups in total. The summed E-state index contributed by atoms with van der Waals surface area (Å²) in [6.45, 7) is 7.59. The number of rotatable bonds is 5. The van der Waals surface area contributed by atoms with Gasteiger partial charge in [-0.1, -0.05) is 26.0 Å². The van der Waals surface area contributed by atoms with E-state index in [9.17, 15) is 4.79 Å². The Kier molecular flexibility index (Phi) is 5.48. The van der Waals surface area contributed by atoms with Crippen LogP contribution in [-0.4, -0.2) is 40.0 Å². The standard InChI is InChI=1S/C16H23BO5/c1-5-20-15(18)9-12-6-7-14(19-4)13(8-12)17-21-10-16(2,3)11-22-17/h6-8H,5,9-11H2,1-4H3. The van der Waals surface area contributed by atoms with E-state index in [0.717, 1.165) is 11.0 Å². The molecule has 1 fully saturated rings. The molecule has 1 saturated heterocycles. The molecule has 0 radical (unpaired) electrons. The summed E-state index contributed by atoms with van der Waals surface area (Å²) < 4.78 is 22.0. The van der Waals surface area contributed by atoms with Crippen LogP contribution in [0.1, 0.15) is 26.3 Å². The fourth-order valence-electron chi connectivity index (χ4n) is 2.33. The van der Waals surface area contributed by atoms with Gasteiger partial charge < -0.3 is 18.8 Å². The monoisotopic (exact) mass is 306 g/mol. The third-order valence-electron chi connectivity index (χ3n) is 3.45. The van der Waals surface area contributed by atoms with Gasteiger partial charge in [0.2, 0.25) is 0 Å². The first-order chi connectivity index (χ1) is 10.4. The van der Waals surface area contributed by atoms with E-state index in [4.69, 9.17) is 18.8 Å². The minimum Gasteiger partial charge on any atom is -0.497 e. The van der Waals surface area contributed by atoms with E-state index in [1.807, 2.05) is 18.2 Å². The molecule has 0 atom stereocenters. The van der Waals surface area contributed by atoms with E-state index < -0.39 is 7.12 Å². The van der Waals surface area contributed by atoms with Crippen molar-refractivity contribution in [3.8, 4) is 5.75 Å². The Morgan fingerprint density at radius 2 is 2.00 bits per heavy atom. The summed E-state index contributed by atoms with van der Waals surface area (Å²) in [5.74, 6) is 0.447. The average molecular weight is 306 g/mol. The molecular formula is C16H23BO5. The van der Waals surface area contributed by atoms with Crippen molar-refractivity contribution in [3.63, 3.8) is 0 Å². The van der Waals surface area contributed by atoms with E-state index in [0.29, 0.717) is 25.6 Å². The van der Waals surface area contributed by atoms with Crippen LogP contribution in [0.2, 0.25) is 0 Å². The lowest BCUT2D eigenvalue weighted by Crippen LogP contribution is -2.47. The fraction of sp³-hybridized carbons (Fsp3) is 0.562. The third kappa shape index (κ3) is 4.24. The van der Waals surface area contributed by atoms with Crippen molar-refractivity contribution in [2.75, 3.05) is 26.9 Å². The van der Waals surface area contributed by atoms with Crippen LogP contribution in [0.25, 0.3) is 0 Å². The second-order valence-corrected chi connectivity index (χ2v) is 6.18. The van der Waals surface area contributed by atoms with Crippen molar-refractivity contribution < 1.29 is 23.6 Å². The van der Waals surface area contributed by atoms with Crippen LogP contribution >= 0.6 is 0 Å². The minimum atomic E-state index is -0.467. The highest BCUT2D eigenvalue weighted by Crippen LogP contribution is 2.23. The zero-order valence-corrected chi connectivity index (χ0v) is 13.7. The Bertz CT molecular complexity index is 519. The summed E-state index contributed by atoms with van der Waals surface area (Å²) >= 11 is 0. The summed E-state index contributed by atoms with van der Waals surface area (Å²) in [4.78, 5) is 11.6. The molecule has 0 bridgehead atoms. The van der Waals surface area contributed by atoms with Crippen LogP contribution in [0.15, 0.2) is 18.2 Å². The average Bonchev–Trinajstić information content (AvgIpc) is 2.47. The van der Waals surface area contributed by atoms with Crippen molar-refractivity contribution in [3.05, 3.63) is 23.8 Å². The molecule has 1 aromatic carbocycles. The van der Waals surface area contributed by atoms with Gasteiger partial charge >= 0.3 is 13.1 Å². The lowest BCUT2D eigenvalue weighted by molar-refractivity contribution is -0.142. The molecule has 6 heteroatoms. The van der Waals surface area contributed by atoms with Gasteiger partial charge in [0.25, 0.3) is 0 Å². The Hall–Kier alpha value is -1.53. The zero-order chi connectivity index (χ0) is 16.2. The first-order valence-electron chi connectivity index (χ1n) is 7.51. The van der Waals surface area contributed by atoms with Gasteiger partial charge in [-0.3, -0.25) is 4.79 Å². The van der Waals surface area contributed by atoms with Crippen molar-refractivity contribution in [1.82, 2.24) is 0 Å². The molecule has 0 unspecified atom stereocenters. The maximum Gasteiger partial charge on any atom is 0.497 e. The molecule has 0 spiro atoms. The molecule has 22 heavy (non-hydrogen) atoms. The molecule has 0 amide bonds. The van der Waals surface area contributed by atoms with E-state index >= 15 is 0 Å². The maximum absolute atomic E-state index is 11.6. The second kappa shape index (κ2) is 7.16. The third-order valence-corrected chi connectivity index (χ3v) is 3.45. The number of benzene rings is 1. The molecular weight excluding hydrogens is 283 g/mol. The lowest BCUT2D eigenvalue weighted by atomic mass is 9.74. The summed E-state index contributed by atoms with van der Waals surface area (Å²) in [5, 5.41) is 0. The van der Waals surface area contributed by atoms with Crippen molar-refractivity contribution in [1.29, 1.82) is 0 Å². The summed E-state index contributed by atoms with van der Waals surface area (Å²) in [5.41, 5.74) is 1.66. The van der Waals surface area contributed by atoms with E-state index in [1.54, 1.807) is 14.0 Å². The highest BCUT2D eigenvalue weighted by Gasteiger charge is 2.35. The van der Waals surface area contributed by atoms with E-state index in [1.165, 1.54) is 0 Å². The van der Waals surface area contributed by atoms with Gasteiger partial charge in [-0.15, -0.1) is 0 Å². The first kappa shape index (κ1) is 16.8. The normalized spacial score (nSPS) is 17.2. The van der Waals surface area contributed by atoms with Crippen molar-refractivity contribution >= 4 is 18.6 Å². The first-order valence-corrected chi connectivity index (χ1v) is 7.51. The van der Waals surface area contributed by atoms with Gasteiger partial charge in [-0.25, -0.2) is 0 Å². The van der Waals surface area contributed by atoms with Gasteiger partial charge in [0.1, 0.15) is 5.75 Å². The molecule has 1 aromatic rings. The Morgan fingerprint density at radius 3 is 2.59 bits per heavy atom. The molecule has 5 nitrogen and oxygen atoms in total. The zero-order valence-electron chi connectivity index (χ0n) is 13.7. The van der Waals surface area contributed by atoms with Gasteiger partial charge in [-0.05, 0) is 18.6 Å². The van der Waals surface area contributed by atoms with Crippen molar-refractivity contribution in [2.24, 2.45) is 5.41 Å². The fourth-order valence-corrected chi connectivity index (χ4v) is 2.33. The van der Waals surface area contributed by atoms with Gasteiger partial charge in [0.15, 0.2) is 0 Å². The second-order valence-electron chi connectivity index (χ2n) is 6.18. The number of methoxy groups -OCH3 is 1. The number of hydrogen-bond donors (Lipinski definition) is 0. The predicted octanol–water partition coefficient (Wildman–Crippen LogP) is 1.57. The Labute approximate surface area is 132 Å². The topological polar surface area (TPSA) is 54.0 Å². The molecule has 120 valence electrons. The summed E-state index contributed by atoms with van der Waals surface area (Å²) in [7, 11) is 1.14. The maximum atomic E-state index is 11.6. The van der Waals surface area contributed by atoms with Crippen LogP contribution in [0.5, 0.6) is 5.75 Å². The lowest BCUT2D eigenvalue weighted by Gasteiger charge is -2.33. The van der Waals surface area contributed by atoms with Gasteiger partial charge in [-0.2, -0.15) is 0 Å². The van der Waals surface area contributed by atoms with E-state index in [2.05, 4.69) is 13.8 Å². The van der Waals surface area contributed by atoms with Crippen LogP contribution in [0.3, 0.4) is 0 Å². The quantitative estimate of drug-likeness (QED) is 0.610. The largest absolute Gasteiger partial charge is 0.497 e. The number of carbonyl (C=O) groups excluding carboxylic acids is 1. The summed E-state index contributed by atoms with van der Waals surface area (Å²) in [6, 6.07) is 5.57.